The van der Waals surface area contributed by atoms with Crippen LogP contribution in [0.3, 0.4) is 0 Å². The molecule has 4 rings (SSSR count). The summed E-state index contributed by atoms with van der Waals surface area (Å²) in [6, 6.07) is 13.8. The molecule has 168 valence electrons. The lowest BCUT2D eigenvalue weighted by Crippen LogP contribution is -2.36. The van der Waals surface area contributed by atoms with E-state index in [-0.39, 0.29) is 17.1 Å². The van der Waals surface area contributed by atoms with Gasteiger partial charge in [0.25, 0.3) is 0 Å². The van der Waals surface area contributed by atoms with Gasteiger partial charge in [0.15, 0.2) is 0 Å². The largest absolute Gasteiger partial charge is 0.497 e. The topological polar surface area (TPSA) is 85.8 Å². The van der Waals surface area contributed by atoms with Gasteiger partial charge in [-0.3, -0.25) is 0 Å². The van der Waals surface area contributed by atoms with Crippen molar-refractivity contribution in [2.24, 2.45) is 0 Å². The summed E-state index contributed by atoms with van der Waals surface area (Å²) >= 11 is 1.43. The number of hydrogen-bond donors (Lipinski definition) is 0. The Labute approximate surface area is 191 Å². The second-order valence-corrected chi connectivity index (χ2v) is 10.2. The van der Waals surface area contributed by atoms with E-state index in [0.29, 0.717) is 18.8 Å². The number of hydrogen-bond acceptors (Lipinski definition) is 7. The lowest BCUT2D eigenvalue weighted by atomic mass is 10.2. The summed E-state index contributed by atoms with van der Waals surface area (Å²) in [6.45, 7) is 0.895. The number of carbonyl (C=O) groups is 1. The lowest BCUT2D eigenvalue weighted by molar-refractivity contribution is 0.0463. The molecule has 7 nitrogen and oxygen atoms in total. The minimum absolute atomic E-state index is 0.0118. The molecule has 1 fully saturated rings. The van der Waals surface area contributed by atoms with Crippen LogP contribution in [0.4, 0.5) is 0 Å². The molecule has 9 heteroatoms. The zero-order chi connectivity index (χ0) is 22.6. The smallest absolute Gasteiger partial charge is 0.339 e. The Bertz CT molecular complexity index is 1200. The number of aromatic nitrogens is 1. The van der Waals surface area contributed by atoms with Crippen molar-refractivity contribution in [3.8, 4) is 16.3 Å². The second-order valence-electron chi connectivity index (χ2n) is 7.41. The maximum Gasteiger partial charge on any atom is 0.339 e. The van der Waals surface area contributed by atoms with E-state index in [0.717, 1.165) is 35.6 Å². The van der Waals surface area contributed by atoms with Crippen LogP contribution in [-0.2, 0) is 21.4 Å². The Morgan fingerprint density at radius 3 is 2.66 bits per heavy atom. The average Bonchev–Trinajstić information content (AvgIpc) is 3.32. The summed E-state index contributed by atoms with van der Waals surface area (Å²) in [7, 11) is -2.15. The van der Waals surface area contributed by atoms with Crippen LogP contribution in [0.5, 0.6) is 5.75 Å². The molecule has 2 heterocycles. The quantitative estimate of drug-likeness (QED) is 0.475. The second kappa shape index (κ2) is 9.81. The molecule has 1 aliphatic rings. The molecule has 3 aromatic rings. The zero-order valence-corrected chi connectivity index (χ0v) is 19.3. The fraction of sp³-hybridized carbons (Fsp3) is 0.304. The molecule has 0 spiro atoms. The first-order chi connectivity index (χ1) is 15.5. The normalized spacial score (nSPS) is 14.8. The van der Waals surface area contributed by atoms with Crippen LogP contribution in [-0.4, -0.2) is 43.9 Å². The average molecular weight is 473 g/mol. The third kappa shape index (κ3) is 4.85. The van der Waals surface area contributed by atoms with E-state index in [2.05, 4.69) is 4.98 Å². The van der Waals surface area contributed by atoms with Crippen molar-refractivity contribution in [3.63, 3.8) is 0 Å². The molecule has 1 aliphatic heterocycles. The molecular formula is C23H24N2O5S2. The van der Waals surface area contributed by atoms with Gasteiger partial charge < -0.3 is 9.47 Å². The molecule has 0 N–H and O–H groups in total. The summed E-state index contributed by atoms with van der Waals surface area (Å²) in [4.78, 5) is 17.3. The number of methoxy groups -OCH3 is 1. The Hall–Kier alpha value is -2.75. The van der Waals surface area contributed by atoms with Gasteiger partial charge in [-0.05, 0) is 37.1 Å². The highest BCUT2D eigenvalue weighted by Crippen LogP contribution is 2.28. The highest BCUT2D eigenvalue weighted by atomic mass is 32.2. The van der Waals surface area contributed by atoms with Crippen molar-refractivity contribution in [2.75, 3.05) is 20.2 Å². The van der Waals surface area contributed by atoms with E-state index in [4.69, 9.17) is 9.47 Å². The van der Waals surface area contributed by atoms with Crippen molar-refractivity contribution >= 4 is 27.3 Å². The molecule has 0 radical (unpaired) electrons. The summed E-state index contributed by atoms with van der Waals surface area (Å²) in [5.41, 5.74) is 1.55. The first kappa shape index (κ1) is 22.4. The molecule has 0 aliphatic carbocycles. The zero-order valence-electron chi connectivity index (χ0n) is 17.7. The lowest BCUT2D eigenvalue weighted by Gasteiger charge is -2.26. The number of sulfonamides is 1. The van der Waals surface area contributed by atoms with Gasteiger partial charge in [-0.1, -0.05) is 30.7 Å². The van der Waals surface area contributed by atoms with Crippen LogP contribution < -0.4 is 4.74 Å². The number of thiazole rings is 1. The SMILES string of the molecule is COc1cccc(-c2nc(COC(=O)c3ccccc3S(=O)(=O)N3CCCCC3)cs2)c1. The van der Waals surface area contributed by atoms with Crippen molar-refractivity contribution in [1.29, 1.82) is 0 Å². The van der Waals surface area contributed by atoms with Gasteiger partial charge in [0, 0.05) is 24.0 Å². The highest BCUT2D eigenvalue weighted by molar-refractivity contribution is 7.89. The number of ether oxygens (including phenoxy) is 2. The number of carbonyl (C=O) groups excluding carboxylic acids is 1. The van der Waals surface area contributed by atoms with E-state index in [1.54, 1.807) is 19.2 Å². The predicted molar refractivity (Wildman–Crippen MR) is 122 cm³/mol. The monoisotopic (exact) mass is 472 g/mol. The van der Waals surface area contributed by atoms with Crippen LogP contribution in [0.15, 0.2) is 58.8 Å². The first-order valence-electron chi connectivity index (χ1n) is 10.3. The minimum atomic E-state index is -3.75. The number of piperidine rings is 1. The van der Waals surface area contributed by atoms with Gasteiger partial charge in [-0.2, -0.15) is 4.31 Å². The van der Waals surface area contributed by atoms with Gasteiger partial charge in [0.2, 0.25) is 10.0 Å². The molecule has 0 bridgehead atoms. The summed E-state index contributed by atoms with van der Waals surface area (Å²) in [6.07, 6.45) is 2.66. The Balaban J connectivity index is 1.48. The molecule has 32 heavy (non-hydrogen) atoms. The standard InChI is InChI=1S/C23H24N2O5S2/c1-29-19-9-7-8-17(14-19)22-24-18(16-31-22)15-30-23(26)20-10-3-4-11-21(20)32(27,28)25-12-5-2-6-13-25/h3-4,7-11,14,16H,2,5-6,12-13,15H2,1H3. The molecule has 0 amide bonds. The molecule has 1 aromatic heterocycles. The van der Waals surface area contributed by atoms with Gasteiger partial charge >= 0.3 is 5.97 Å². The van der Waals surface area contributed by atoms with E-state index >= 15 is 0 Å². The van der Waals surface area contributed by atoms with E-state index < -0.39 is 16.0 Å². The van der Waals surface area contributed by atoms with Crippen LogP contribution in [0.1, 0.15) is 35.3 Å². The van der Waals surface area contributed by atoms with Crippen molar-refractivity contribution in [2.45, 2.75) is 30.8 Å². The molecule has 0 unspecified atom stereocenters. The van der Waals surface area contributed by atoms with Gasteiger partial charge in [-0.25, -0.2) is 18.2 Å². The van der Waals surface area contributed by atoms with Crippen LogP contribution in [0.2, 0.25) is 0 Å². The first-order valence-corrected chi connectivity index (χ1v) is 12.7. The fourth-order valence-corrected chi connectivity index (χ4v) is 6.08. The maximum absolute atomic E-state index is 13.1. The Morgan fingerprint density at radius 1 is 1.09 bits per heavy atom. The van der Waals surface area contributed by atoms with Crippen molar-refractivity contribution < 1.29 is 22.7 Å². The van der Waals surface area contributed by atoms with Gasteiger partial charge in [0.05, 0.1) is 23.3 Å². The third-order valence-electron chi connectivity index (χ3n) is 5.26. The van der Waals surface area contributed by atoms with E-state index in [1.807, 2.05) is 29.6 Å². The summed E-state index contributed by atoms with van der Waals surface area (Å²) < 4.78 is 38.3. The van der Waals surface area contributed by atoms with Crippen molar-refractivity contribution in [3.05, 3.63) is 65.2 Å². The Morgan fingerprint density at radius 2 is 1.88 bits per heavy atom. The van der Waals surface area contributed by atoms with Gasteiger partial charge in [0.1, 0.15) is 17.4 Å². The number of esters is 1. The molecule has 0 atom stereocenters. The van der Waals surface area contributed by atoms with Crippen LogP contribution in [0, 0.1) is 0 Å². The number of rotatable bonds is 7. The van der Waals surface area contributed by atoms with E-state index in [1.165, 1.54) is 27.8 Å². The number of nitrogens with zero attached hydrogens (tertiary/aromatic N) is 2. The summed E-state index contributed by atoms with van der Waals surface area (Å²) in [5, 5.41) is 2.60. The number of benzene rings is 2. The Kier molecular flexibility index (Phi) is 6.88. The highest BCUT2D eigenvalue weighted by Gasteiger charge is 2.30. The maximum atomic E-state index is 13.1. The van der Waals surface area contributed by atoms with Crippen LogP contribution >= 0.6 is 11.3 Å². The fourth-order valence-electron chi connectivity index (χ4n) is 3.58. The molecule has 0 saturated carbocycles. The van der Waals surface area contributed by atoms with E-state index in [9.17, 15) is 13.2 Å². The predicted octanol–water partition coefficient (Wildman–Crippen LogP) is 4.35. The minimum Gasteiger partial charge on any atom is -0.497 e. The molecule has 2 aromatic carbocycles. The molecular weight excluding hydrogens is 448 g/mol. The van der Waals surface area contributed by atoms with Crippen molar-refractivity contribution in [1.82, 2.24) is 9.29 Å². The summed E-state index contributed by atoms with van der Waals surface area (Å²) in [5.74, 6) is 0.0503. The molecule has 1 saturated heterocycles. The third-order valence-corrected chi connectivity index (χ3v) is 8.16. The van der Waals surface area contributed by atoms with Gasteiger partial charge in [-0.15, -0.1) is 11.3 Å². The van der Waals surface area contributed by atoms with Crippen LogP contribution in [0.25, 0.3) is 10.6 Å².